The van der Waals surface area contributed by atoms with Gasteiger partial charge in [-0.3, -0.25) is 5.10 Å². The van der Waals surface area contributed by atoms with Gasteiger partial charge in [0.05, 0.1) is 17.8 Å². The number of aromatic nitrogens is 2. The molecule has 0 bridgehead atoms. The maximum Gasteiger partial charge on any atom is 0.141 e. The maximum atomic E-state index is 5.93. The summed E-state index contributed by atoms with van der Waals surface area (Å²) >= 11 is 3.69. The molecule has 4 nitrogen and oxygen atoms in total. The summed E-state index contributed by atoms with van der Waals surface area (Å²) in [7, 11) is 1.69. The zero-order valence-electron chi connectivity index (χ0n) is 10.8. The van der Waals surface area contributed by atoms with Crippen LogP contribution >= 0.6 is 15.9 Å². The topological polar surface area (TPSA) is 63.9 Å². The minimum absolute atomic E-state index is 0.570. The Balaban J connectivity index is 2.24. The number of nitrogen functional groups attached to an aromatic ring is 1. The molecule has 19 heavy (non-hydrogen) atoms. The molecule has 0 saturated heterocycles. The van der Waals surface area contributed by atoms with Crippen LogP contribution in [0.4, 0.5) is 5.82 Å². The SMILES string of the molecule is COc1c(-c2cn[nH]c2N)cc2c(c1Br)CCCC2. The van der Waals surface area contributed by atoms with Crippen LogP contribution in [0.1, 0.15) is 24.0 Å². The number of nitrogens with one attached hydrogen (secondary N) is 1. The van der Waals surface area contributed by atoms with Crippen LogP contribution in [0.3, 0.4) is 0 Å². The van der Waals surface area contributed by atoms with Crippen molar-refractivity contribution in [3.8, 4) is 16.9 Å². The van der Waals surface area contributed by atoms with Crippen LogP contribution in [0.2, 0.25) is 0 Å². The summed E-state index contributed by atoms with van der Waals surface area (Å²) in [6.07, 6.45) is 6.44. The third-order valence-corrected chi connectivity index (χ3v) is 4.54. The number of ether oxygens (including phenoxy) is 1. The molecule has 1 aromatic carbocycles. The first-order valence-corrected chi connectivity index (χ1v) is 7.19. The summed E-state index contributed by atoms with van der Waals surface area (Å²) in [5, 5.41) is 6.77. The molecule has 1 aliphatic carbocycles. The molecule has 3 rings (SSSR count). The number of halogens is 1. The molecule has 0 amide bonds. The Bertz CT molecular complexity index is 621. The number of hydrogen-bond acceptors (Lipinski definition) is 3. The highest BCUT2D eigenvalue weighted by molar-refractivity contribution is 9.10. The normalized spacial score (nSPS) is 14.2. The van der Waals surface area contributed by atoms with Gasteiger partial charge >= 0.3 is 0 Å². The first-order valence-electron chi connectivity index (χ1n) is 6.39. The van der Waals surface area contributed by atoms with Crippen molar-refractivity contribution < 1.29 is 4.74 Å². The Hall–Kier alpha value is -1.49. The molecule has 1 aliphatic rings. The standard InChI is InChI=1S/C14H16BrN3O/c1-19-13-10(11-7-17-18-14(11)16)6-8-4-2-3-5-9(8)12(13)15/h6-7H,2-5H2,1H3,(H3,16,17,18). The van der Waals surface area contributed by atoms with Crippen molar-refractivity contribution >= 4 is 21.7 Å². The molecular formula is C14H16BrN3O. The molecule has 0 atom stereocenters. The number of nitrogens with zero attached hydrogens (tertiary/aromatic N) is 1. The van der Waals surface area contributed by atoms with Crippen LogP contribution in [0, 0.1) is 0 Å². The van der Waals surface area contributed by atoms with Gasteiger partial charge < -0.3 is 10.5 Å². The van der Waals surface area contributed by atoms with E-state index in [4.69, 9.17) is 10.5 Å². The van der Waals surface area contributed by atoms with E-state index in [2.05, 4.69) is 32.2 Å². The van der Waals surface area contributed by atoms with E-state index in [1.165, 1.54) is 24.0 Å². The van der Waals surface area contributed by atoms with Gasteiger partial charge in [-0.15, -0.1) is 0 Å². The fourth-order valence-corrected chi connectivity index (χ4v) is 3.57. The summed E-state index contributed by atoms with van der Waals surface area (Å²) in [5.74, 6) is 1.41. The molecule has 5 heteroatoms. The third kappa shape index (κ3) is 2.02. The Kier molecular flexibility index (Phi) is 3.22. The monoisotopic (exact) mass is 321 g/mol. The average molecular weight is 322 g/mol. The number of aryl methyl sites for hydroxylation is 1. The Morgan fingerprint density at radius 2 is 2.11 bits per heavy atom. The number of nitrogens with two attached hydrogens (primary N) is 1. The predicted molar refractivity (Wildman–Crippen MR) is 79.3 cm³/mol. The molecule has 0 spiro atoms. The number of benzene rings is 1. The van der Waals surface area contributed by atoms with Gasteiger partial charge in [0.25, 0.3) is 0 Å². The zero-order chi connectivity index (χ0) is 13.4. The van der Waals surface area contributed by atoms with Gasteiger partial charge in [0.1, 0.15) is 11.6 Å². The molecule has 0 saturated carbocycles. The zero-order valence-corrected chi connectivity index (χ0v) is 12.4. The molecule has 3 N–H and O–H groups in total. The minimum atomic E-state index is 0.570. The summed E-state index contributed by atoms with van der Waals surface area (Å²) in [6.45, 7) is 0. The second-order valence-electron chi connectivity index (χ2n) is 4.81. The number of H-pyrrole nitrogens is 1. The van der Waals surface area contributed by atoms with Crippen molar-refractivity contribution in [2.24, 2.45) is 0 Å². The lowest BCUT2D eigenvalue weighted by atomic mass is 9.89. The Morgan fingerprint density at radius 3 is 2.79 bits per heavy atom. The van der Waals surface area contributed by atoms with Gasteiger partial charge in [0.2, 0.25) is 0 Å². The molecule has 0 radical (unpaired) electrons. The Morgan fingerprint density at radius 1 is 1.32 bits per heavy atom. The van der Waals surface area contributed by atoms with Crippen molar-refractivity contribution in [1.29, 1.82) is 0 Å². The van der Waals surface area contributed by atoms with E-state index in [9.17, 15) is 0 Å². The molecule has 0 aliphatic heterocycles. The molecule has 0 unspecified atom stereocenters. The molecule has 1 heterocycles. The highest BCUT2D eigenvalue weighted by Crippen LogP contribution is 2.43. The lowest BCUT2D eigenvalue weighted by Crippen LogP contribution is -2.06. The minimum Gasteiger partial charge on any atom is -0.495 e. The van der Waals surface area contributed by atoms with E-state index in [0.717, 1.165) is 34.2 Å². The van der Waals surface area contributed by atoms with E-state index in [1.807, 2.05) is 0 Å². The van der Waals surface area contributed by atoms with E-state index in [1.54, 1.807) is 13.3 Å². The maximum absolute atomic E-state index is 5.93. The van der Waals surface area contributed by atoms with Crippen LogP contribution in [-0.2, 0) is 12.8 Å². The number of fused-ring (bicyclic) bond motifs is 1. The van der Waals surface area contributed by atoms with Crippen molar-refractivity contribution in [2.45, 2.75) is 25.7 Å². The van der Waals surface area contributed by atoms with Crippen LogP contribution in [0.5, 0.6) is 5.75 Å². The van der Waals surface area contributed by atoms with E-state index < -0.39 is 0 Å². The van der Waals surface area contributed by atoms with Crippen molar-refractivity contribution in [3.05, 3.63) is 27.9 Å². The largest absolute Gasteiger partial charge is 0.495 e. The van der Waals surface area contributed by atoms with Crippen LogP contribution < -0.4 is 10.5 Å². The first-order chi connectivity index (χ1) is 9.22. The number of anilines is 1. The molecule has 0 fully saturated rings. The summed E-state index contributed by atoms with van der Waals surface area (Å²) in [5.41, 5.74) is 10.6. The van der Waals surface area contributed by atoms with Gasteiger partial charge in [0.15, 0.2) is 0 Å². The third-order valence-electron chi connectivity index (χ3n) is 3.70. The van der Waals surface area contributed by atoms with Gasteiger partial charge in [-0.25, -0.2) is 0 Å². The van der Waals surface area contributed by atoms with Crippen LogP contribution in [0.25, 0.3) is 11.1 Å². The van der Waals surface area contributed by atoms with Crippen LogP contribution in [0.15, 0.2) is 16.7 Å². The molecule has 100 valence electrons. The van der Waals surface area contributed by atoms with Gasteiger partial charge in [-0.05, 0) is 58.8 Å². The lowest BCUT2D eigenvalue weighted by molar-refractivity contribution is 0.412. The highest BCUT2D eigenvalue weighted by atomic mass is 79.9. The first kappa shape index (κ1) is 12.5. The van der Waals surface area contributed by atoms with Crippen molar-refractivity contribution in [1.82, 2.24) is 10.2 Å². The van der Waals surface area contributed by atoms with E-state index in [-0.39, 0.29) is 0 Å². The van der Waals surface area contributed by atoms with Crippen molar-refractivity contribution in [2.75, 3.05) is 12.8 Å². The number of rotatable bonds is 2. The van der Waals surface area contributed by atoms with Crippen molar-refractivity contribution in [3.63, 3.8) is 0 Å². The summed E-state index contributed by atoms with van der Waals surface area (Å²) in [6, 6.07) is 2.19. The van der Waals surface area contributed by atoms with E-state index in [0.29, 0.717) is 5.82 Å². The highest BCUT2D eigenvalue weighted by Gasteiger charge is 2.21. The fraction of sp³-hybridized carbons (Fsp3) is 0.357. The summed E-state index contributed by atoms with van der Waals surface area (Å²) in [4.78, 5) is 0. The number of aromatic amines is 1. The van der Waals surface area contributed by atoms with E-state index >= 15 is 0 Å². The lowest BCUT2D eigenvalue weighted by Gasteiger charge is -2.21. The average Bonchev–Trinajstić information content (AvgIpc) is 2.85. The van der Waals surface area contributed by atoms with Crippen LogP contribution in [-0.4, -0.2) is 17.3 Å². The second-order valence-corrected chi connectivity index (χ2v) is 5.61. The molecular weight excluding hydrogens is 306 g/mol. The smallest absolute Gasteiger partial charge is 0.141 e. The molecule has 2 aromatic rings. The molecule has 1 aromatic heterocycles. The number of hydrogen-bond donors (Lipinski definition) is 2. The summed E-state index contributed by atoms with van der Waals surface area (Å²) < 4.78 is 6.64. The van der Waals surface area contributed by atoms with Gasteiger partial charge in [-0.1, -0.05) is 0 Å². The quantitative estimate of drug-likeness (QED) is 0.891. The fourth-order valence-electron chi connectivity index (χ4n) is 2.74. The Labute approximate surface area is 120 Å². The van der Waals surface area contributed by atoms with Gasteiger partial charge in [0, 0.05) is 11.1 Å². The number of methoxy groups -OCH3 is 1. The second kappa shape index (κ2) is 4.89. The predicted octanol–water partition coefficient (Wildman–Crippen LogP) is 3.31. The van der Waals surface area contributed by atoms with Gasteiger partial charge in [-0.2, -0.15) is 5.10 Å².